The van der Waals surface area contributed by atoms with E-state index in [9.17, 15) is 0 Å². The Morgan fingerprint density at radius 1 is 1.33 bits per heavy atom. The maximum absolute atomic E-state index is 3.70. The fourth-order valence-electron chi connectivity index (χ4n) is 0.562. The molecule has 0 N–H and O–H groups in total. The van der Waals surface area contributed by atoms with Gasteiger partial charge in [0, 0.05) is 15.6 Å². The molecule has 0 aliphatic heterocycles. The first kappa shape index (κ1) is 7.16. The molecule has 0 heterocycles. The summed E-state index contributed by atoms with van der Waals surface area (Å²) in [5, 5.41) is 0. The van der Waals surface area contributed by atoms with Gasteiger partial charge in [-0.15, -0.1) is 11.8 Å². The van der Waals surface area contributed by atoms with E-state index in [-0.39, 0.29) is 0 Å². The summed E-state index contributed by atoms with van der Waals surface area (Å²) >= 11 is 4.89. The summed E-state index contributed by atoms with van der Waals surface area (Å²) in [6, 6.07) is 8.03. The van der Waals surface area contributed by atoms with Crippen LogP contribution in [0.2, 0.25) is 0 Å². The molecule has 2 heteroatoms. The Hall–Kier alpha value is 0.0500. The Morgan fingerprint density at radius 3 is 2.44 bits per heavy atom. The van der Waals surface area contributed by atoms with Crippen molar-refractivity contribution in [3.63, 3.8) is 0 Å². The second kappa shape index (κ2) is 3.28. The van der Waals surface area contributed by atoms with Crippen LogP contribution in [0.25, 0.3) is 0 Å². The van der Waals surface area contributed by atoms with Gasteiger partial charge in [-0.25, -0.2) is 0 Å². The second-order valence-corrected chi connectivity index (χ2v) is 3.16. The van der Waals surface area contributed by atoms with Gasteiger partial charge in [-0.2, -0.15) is 0 Å². The van der Waals surface area contributed by atoms with E-state index in [0.717, 1.165) is 4.47 Å². The highest BCUT2D eigenvalue weighted by molar-refractivity contribution is 9.10. The van der Waals surface area contributed by atoms with Crippen LogP contribution in [0, 0.1) is 6.26 Å². The quantitative estimate of drug-likeness (QED) is 0.629. The molecular formula is C7H6BrS. The van der Waals surface area contributed by atoms with Crippen molar-refractivity contribution in [1.29, 1.82) is 0 Å². The molecular weight excluding hydrogens is 196 g/mol. The molecule has 0 amide bonds. The zero-order chi connectivity index (χ0) is 6.69. The van der Waals surface area contributed by atoms with Crippen LogP contribution in [0.1, 0.15) is 0 Å². The Bertz CT molecular complexity index is 198. The third kappa shape index (κ3) is 1.73. The van der Waals surface area contributed by atoms with Crippen LogP contribution in [-0.4, -0.2) is 0 Å². The molecule has 0 saturated heterocycles. The van der Waals surface area contributed by atoms with Gasteiger partial charge in [0.15, 0.2) is 0 Å². The minimum absolute atomic E-state index is 1.12. The molecule has 0 unspecified atom stereocenters. The number of benzene rings is 1. The number of halogens is 1. The molecule has 47 valence electrons. The molecule has 0 aliphatic rings. The summed E-state index contributed by atoms with van der Waals surface area (Å²) in [5.41, 5.74) is 0. The van der Waals surface area contributed by atoms with Crippen molar-refractivity contribution in [2.45, 2.75) is 4.90 Å². The molecule has 0 aliphatic carbocycles. The summed E-state index contributed by atoms with van der Waals surface area (Å²) in [7, 11) is 0. The minimum Gasteiger partial charge on any atom is -0.124 e. The second-order valence-electron chi connectivity index (χ2n) is 1.57. The first-order chi connectivity index (χ1) is 4.34. The lowest BCUT2D eigenvalue weighted by molar-refractivity contribution is 1.42. The van der Waals surface area contributed by atoms with Gasteiger partial charge in [0.2, 0.25) is 0 Å². The predicted molar refractivity (Wildman–Crippen MR) is 45.4 cm³/mol. The van der Waals surface area contributed by atoms with E-state index in [2.05, 4.69) is 22.2 Å². The average molecular weight is 202 g/mol. The first-order valence-corrected chi connectivity index (χ1v) is 4.29. The van der Waals surface area contributed by atoms with E-state index >= 15 is 0 Å². The first-order valence-electron chi connectivity index (χ1n) is 2.51. The van der Waals surface area contributed by atoms with Crippen LogP contribution < -0.4 is 0 Å². The van der Waals surface area contributed by atoms with Crippen LogP contribution >= 0.6 is 27.7 Å². The van der Waals surface area contributed by atoms with Crippen LogP contribution in [0.15, 0.2) is 33.6 Å². The highest BCUT2D eigenvalue weighted by Crippen LogP contribution is 2.25. The Balaban J connectivity index is 3.01. The van der Waals surface area contributed by atoms with E-state index in [0.29, 0.717) is 0 Å². The molecule has 0 spiro atoms. The monoisotopic (exact) mass is 201 g/mol. The van der Waals surface area contributed by atoms with Crippen LogP contribution in [0.3, 0.4) is 0 Å². The van der Waals surface area contributed by atoms with E-state index in [1.807, 2.05) is 24.3 Å². The van der Waals surface area contributed by atoms with Crippen LogP contribution in [0.4, 0.5) is 0 Å². The molecule has 0 fully saturated rings. The summed E-state index contributed by atoms with van der Waals surface area (Å²) in [4.78, 5) is 1.18. The van der Waals surface area contributed by atoms with E-state index in [1.165, 1.54) is 16.7 Å². The lowest BCUT2D eigenvalue weighted by Crippen LogP contribution is -1.67. The van der Waals surface area contributed by atoms with E-state index in [1.54, 1.807) is 0 Å². The van der Waals surface area contributed by atoms with Crippen molar-refractivity contribution in [2.24, 2.45) is 0 Å². The zero-order valence-corrected chi connectivity index (χ0v) is 7.21. The number of thioether (sulfide) groups is 1. The smallest absolute Gasteiger partial charge is 0.0311 e. The number of hydrogen-bond donors (Lipinski definition) is 0. The molecule has 0 atom stereocenters. The van der Waals surface area contributed by atoms with Crippen molar-refractivity contribution >= 4 is 27.7 Å². The number of rotatable bonds is 1. The Morgan fingerprint density at radius 2 is 2.00 bits per heavy atom. The van der Waals surface area contributed by atoms with Crippen molar-refractivity contribution in [3.05, 3.63) is 35.0 Å². The van der Waals surface area contributed by atoms with Gasteiger partial charge in [-0.3, -0.25) is 0 Å². The van der Waals surface area contributed by atoms with Gasteiger partial charge in [-0.1, -0.05) is 12.1 Å². The average Bonchev–Trinajstić information content (AvgIpc) is 1.89. The highest BCUT2D eigenvalue weighted by atomic mass is 79.9. The maximum atomic E-state index is 3.70. The molecule has 1 aromatic carbocycles. The number of hydrogen-bond acceptors (Lipinski definition) is 1. The summed E-state index contributed by atoms with van der Waals surface area (Å²) in [6.45, 7) is 0. The highest BCUT2D eigenvalue weighted by Gasteiger charge is 1.92. The fraction of sp³-hybridized carbons (Fsp3) is 0. The molecule has 1 aromatic rings. The molecule has 0 aromatic heterocycles. The third-order valence-corrected chi connectivity index (χ3v) is 2.61. The van der Waals surface area contributed by atoms with Gasteiger partial charge in [-0.05, 0) is 28.1 Å². The summed E-state index contributed by atoms with van der Waals surface area (Å²) in [6.07, 6.45) is 3.70. The fourth-order valence-corrected chi connectivity index (χ4v) is 1.57. The van der Waals surface area contributed by atoms with Gasteiger partial charge in [0.25, 0.3) is 0 Å². The maximum Gasteiger partial charge on any atom is 0.0311 e. The van der Waals surface area contributed by atoms with E-state index < -0.39 is 0 Å². The van der Waals surface area contributed by atoms with E-state index in [4.69, 9.17) is 0 Å². The van der Waals surface area contributed by atoms with Gasteiger partial charge < -0.3 is 0 Å². The van der Waals surface area contributed by atoms with Crippen molar-refractivity contribution < 1.29 is 0 Å². The third-order valence-electron chi connectivity index (χ3n) is 0.992. The molecule has 1 rings (SSSR count). The van der Waals surface area contributed by atoms with Crippen LogP contribution in [0.5, 0.6) is 0 Å². The predicted octanol–water partition coefficient (Wildman–Crippen LogP) is 3.33. The summed E-state index contributed by atoms with van der Waals surface area (Å²) in [5.74, 6) is 0. The largest absolute Gasteiger partial charge is 0.124 e. The standard InChI is InChI=1S/C7H6BrS/c1-9-7-5-3-2-4-6(7)8/h2-5H,1H2. The van der Waals surface area contributed by atoms with Crippen molar-refractivity contribution in [1.82, 2.24) is 0 Å². The Kier molecular flexibility index (Phi) is 2.61. The lowest BCUT2D eigenvalue weighted by Gasteiger charge is -1.95. The molecule has 0 bridgehead atoms. The van der Waals surface area contributed by atoms with Crippen molar-refractivity contribution in [2.75, 3.05) is 0 Å². The topological polar surface area (TPSA) is 0 Å². The molecule has 1 radical (unpaired) electrons. The zero-order valence-electron chi connectivity index (χ0n) is 4.80. The lowest BCUT2D eigenvalue weighted by atomic mass is 10.4. The van der Waals surface area contributed by atoms with Crippen LogP contribution in [-0.2, 0) is 0 Å². The molecule has 0 nitrogen and oxygen atoms in total. The summed E-state index contributed by atoms with van der Waals surface area (Å²) < 4.78 is 1.12. The van der Waals surface area contributed by atoms with Gasteiger partial charge in [0.1, 0.15) is 0 Å². The minimum atomic E-state index is 1.12. The van der Waals surface area contributed by atoms with Gasteiger partial charge in [0.05, 0.1) is 0 Å². The molecule has 0 saturated carbocycles. The van der Waals surface area contributed by atoms with Gasteiger partial charge >= 0.3 is 0 Å². The Labute approximate surface area is 67.8 Å². The van der Waals surface area contributed by atoms with Crippen molar-refractivity contribution in [3.8, 4) is 0 Å². The SMILES string of the molecule is [CH2]Sc1ccccc1Br. The molecule has 9 heavy (non-hydrogen) atoms. The normalized spacial score (nSPS) is 9.56.